The van der Waals surface area contributed by atoms with Gasteiger partial charge in [0.2, 0.25) is 0 Å². The number of aromatic nitrogens is 2. The molecule has 0 bridgehead atoms. The summed E-state index contributed by atoms with van der Waals surface area (Å²) in [7, 11) is 3.38. The highest BCUT2D eigenvalue weighted by Gasteiger charge is 2.13. The Kier molecular flexibility index (Phi) is 3.93. The standard InChI is InChI=1S/C14H18N4O2/c1-9-10(8-17-18(9)2)7-16-14(19)12-5-4-11(15)6-13(12)20-3/h4-6,8H,7,15H2,1-3H3,(H,16,19). The predicted octanol–water partition coefficient (Wildman–Crippen LogP) is 1.25. The number of methoxy groups -OCH3 is 1. The van der Waals surface area contributed by atoms with Crippen molar-refractivity contribution in [1.82, 2.24) is 15.1 Å². The van der Waals surface area contributed by atoms with Gasteiger partial charge in [0, 0.05) is 36.6 Å². The molecule has 3 N–H and O–H groups in total. The van der Waals surface area contributed by atoms with E-state index in [1.54, 1.807) is 29.1 Å². The van der Waals surface area contributed by atoms with Gasteiger partial charge in [0.05, 0.1) is 18.9 Å². The highest BCUT2D eigenvalue weighted by molar-refractivity contribution is 5.97. The Hall–Kier alpha value is -2.50. The fraction of sp³-hybridized carbons (Fsp3) is 0.286. The Morgan fingerprint density at radius 2 is 2.25 bits per heavy atom. The molecule has 0 aliphatic carbocycles. The summed E-state index contributed by atoms with van der Waals surface area (Å²) >= 11 is 0. The second-order valence-corrected chi connectivity index (χ2v) is 4.52. The third-order valence-electron chi connectivity index (χ3n) is 3.25. The molecule has 1 aromatic heterocycles. The molecule has 1 amide bonds. The predicted molar refractivity (Wildman–Crippen MR) is 76.5 cm³/mol. The highest BCUT2D eigenvalue weighted by atomic mass is 16.5. The molecule has 1 heterocycles. The number of aryl methyl sites for hydroxylation is 1. The van der Waals surface area contributed by atoms with E-state index in [1.165, 1.54) is 7.11 Å². The van der Waals surface area contributed by atoms with Crippen LogP contribution < -0.4 is 15.8 Å². The number of anilines is 1. The molecule has 0 fully saturated rings. The molecule has 0 radical (unpaired) electrons. The van der Waals surface area contributed by atoms with Crippen LogP contribution in [0.25, 0.3) is 0 Å². The lowest BCUT2D eigenvalue weighted by Gasteiger charge is -2.10. The van der Waals surface area contributed by atoms with Gasteiger partial charge in [-0.15, -0.1) is 0 Å². The van der Waals surface area contributed by atoms with Gasteiger partial charge in [-0.1, -0.05) is 0 Å². The van der Waals surface area contributed by atoms with Gasteiger partial charge in [-0.05, 0) is 19.1 Å². The van der Waals surface area contributed by atoms with Crippen molar-refractivity contribution in [3.05, 3.63) is 41.2 Å². The Morgan fingerprint density at radius 3 is 2.85 bits per heavy atom. The average Bonchev–Trinajstić information content (AvgIpc) is 2.76. The van der Waals surface area contributed by atoms with Gasteiger partial charge in [0.15, 0.2) is 0 Å². The van der Waals surface area contributed by atoms with E-state index in [1.807, 2.05) is 14.0 Å². The lowest BCUT2D eigenvalue weighted by atomic mass is 10.1. The first-order chi connectivity index (χ1) is 9.52. The van der Waals surface area contributed by atoms with E-state index in [-0.39, 0.29) is 5.91 Å². The molecule has 2 aromatic rings. The van der Waals surface area contributed by atoms with Gasteiger partial charge < -0.3 is 15.8 Å². The SMILES string of the molecule is COc1cc(N)ccc1C(=O)NCc1cnn(C)c1C. The third-order valence-corrected chi connectivity index (χ3v) is 3.25. The normalized spacial score (nSPS) is 10.3. The van der Waals surface area contributed by atoms with Crippen LogP contribution in [0.5, 0.6) is 5.75 Å². The number of hydrogen-bond donors (Lipinski definition) is 2. The molecule has 0 saturated heterocycles. The fourth-order valence-corrected chi connectivity index (χ4v) is 1.88. The number of nitrogen functional groups attached to an aromatic ring is 1. The number of nitrogens with two attached hydrogens (primary N) is 1. The van der Waals surface area contributed by atoms with Crippen molar-refractivity contribution in [3.8, 4) is 5.75 Å². The first kappa shape index (κ1) is 13.9. The van der Waals surface area contributed by atoms with E-state index in [9.17, 15) is 4.79 Å². The topological polar surface area (TPSA) is 82.2 Å². The number of carbonyl (C=O) groups excluding carboxylic acids is 1. The van der Waals surface area contributed by atoms with Crippen LogP contribution in [0, 0.1) is 6.92 Å². The van der Waals surface area contributed by atoms with Crippen molar-refractivity contribution in [1.29, 1.82) is 0 Å². The molecule has 0 saturated carbocycles. The maximum atomic E-state index is 12.2. The molecule has 6 heteroatoms. The maximum absolute atomic E-state index is 12.2. The minimum Gasteiger partial charge on any atom is -0.496 e. The molecule has 106 valence electrons. The molecule has 1 aromatic carbocycles. The number of benzene rings is 1. The van der Waals surface area contributed by atoms with E-state index >= 15 is 0 Å². The molecule has 0 spiro atoms. The van der Waals surface area contributed by atoms with E-state index < -0.39 is 0 Å². The molecule has 2 rings (SSSR count). The van der Waals surface area contributed by atoms with Crippen LogP contribution in [0.2, 0.25) is 0 Å². The van der Waals surface area contributed by atoms with E-state index in [0.717, 1.165) is 11.3 Å². The summed E-state index contributed by atoms with van der Waals surface area (Å²) in [5.41, 5.74) is 8.69. The van der Waals surface area contributed by atoms with E-state index in [0.29, 0.717) is 23.5 Å². The molecule has 6 nitrogen and oxygen atoms in total. The number of ether oxygens (including phenoxy) is 1. The number of hydrogen-bond acceptors (Lipinski definition) is 4. The summed E-state index contributed by atoms with van der Waals surface area (Å²) < 4.78 is 6.94. The molecular weight excluding hydrogens is 256 g/mol. The molecule has 0 aliphatic rings. The van der Waals surface area contributed by atoms with Gasteiger partial charge in [0.1, 0.15) is 5.75 Å². The van der Waals surface area contributed by atoms with Crippen LogP contribution in [0.1, 0.15) is 21.6 Å². The maximum Gasteiger partial charge on any atom is 0.255 e. The van der Waals surface area contributed by atoms with Crippen LogP contribution in [0.4, 0.5) is 5.69 Å². The monoisotopic (exact) mass is 274 g/mol. The van der Waals surface area contributed by atoms with Crippen molar-refractivity contribution >= 4 is 11.6 Å². The Morgan fingerprint density at radius 1 is 1.50 bits per heavy atom. The molecule has 0 unspecified atom stereocenters. The number of amides is 1. The van der Waals surface area contributed by atoms with Crippen molar-refractivity contribution in [2.75, 3.05) is 12.8 Å². The van der Waals surface area contributed by atoms with Crippen LogP contribution >= 0.6 is 0 Å². The van der Waals surface area contributed by atoms with Crippen LogP contribution in [0.15, 0.2) is 24.4 Å². The van der Waals surface area contributed by atoms with Crippen LogP contribution in [-0.2, 0) is 13.6 Å². The zero-order valence-corrected chi connectivity index (χ0v) is 11.8. The average molecular weight is 274 g/mol. The number of nitrogens with one attached hydrogen (secondary N) is 1. The molecule has 0 atom stereocenters. The van der Waals surface area contributed by atoms with Gasteiger partial charge >= 0.3 is 0 Å². The lowest BCUT2D eigenvalue weighted by molar-refractivity contribution is 0.0948. The van der Waals surface area contributed by atoms with Crippen molar-refractivity contribution in [2.24, 2.45) is 7.05 Å². The first-order valence-electron chi connectivity index (χ1n) is 6.22. The van der Waals surface area contributed by atoms with E-state index in [4.69, 9.17) is 10.5 Å². The number of carbonyl (C=O) groups is 1. The van der Waals surface area contributed by atoms with Gasteiger partial charge in [-0.25, -0.2) is 0 Å². The van der Waals surface area contributed by atoms with E-state index in [2.05, 4.69) is 10.4 Å². The summed E-state index contributed by atoms with van der Waals surface area (Å²) in [5.74, 6) is 0.260. The molecule has 0 aliphatic heterocycles. The summed E-state index contributed by atoms with van der Waals surface area (Å²) in [6.45, 7) is 2.38. The van der Waals surface area contributed by atoms with Gasteiger partial charge in [-0.2, -0.15) is 5.10 Å². The van der Waals surface area contributed by atoms with Crippen molar-refractivity contribution < 1.29 is 9.53 Å². The Balaban J connectivity index is 2.11. The smallest absolute Gasteiger partial charge is 0.255 e. The number of rotatable bonds is 4. The zero-order valence-electron chi connectivity index (χ0n) is 11.8. The fourth-order valence-electron chi connectivity index (χ4n) is 1.88. The Labute approximate surface area is 117 Å². The van der Waals surface area contributed by atoms with Gasteiger partial charge in [-0.3, -0.25) is 9.48 Å². The second kappa shape index (κ2) is 5.64. The van der Waals surface area contributed by atoms with Crippen molar-refractivity contribution in [3.63, 3.8) is 0 Å². The minimum absolute atomic E-state index is 0.204. The largest absolute Gasteiger partial charge is 0.496 e. The number of nitrogens with zero attached hydrogens (tertiary/aromatic N) is 2. The third kappa shape index (κ3) is 2.74. The summed E-state index contributed by atoms with van der Waals surface area (Å²) in [5, 5.41) is 6.99. The minimum atomic E-state index is -0.204. The molecule has 20 heavy (non-hydrogen) atoms. The van der Waals surface area contributed by atoms with Crippen LogP contribution in [0.3, 0.4) is 0 Å². The summed E-state index contributed by atoms with van der Waals surface area (Å²) in [4.78, 5) is 12.2. The van der Waals surface area contributed by atoms with Crippen LogP contribution in [-0.4, -0.2) is 22.8 Å². The second-order valence-electron chi connectivity index (χ2n) is 4.52. The molecular formula is C14H18N4O2. The zero-order chi connectivity index (χ0) is 14.7. The highest BCUT2D eigenvalue weighted by Crippen LogP contribution is 2.21. The summed E-state index contributed by atoms with van der Waals surface area (Å²) in [6.07, 6.45) is 1.75. The lowest BCUT2D eigenvalue weighted by Crippen LogP contribution is -2.23. The first-order valence-corrected chi connectivity index (χ1v) is 6.22. The Bertz CT molecular complexity index is 634. The van der Waals surface area contributed by atoms with Gasteiger partial charge in [0.25, 0.3) is 5.91 Å². The summed E-state index contributed by atoms with van der Waals surface area (Å²) in [6, 6.07) is 4.95. The quantitative estimate of drug-likeness (QED) is 0.822. The van der Waals surface area contributed by atoms with Crippen molar-refractivity contribution in [2.45, 2.75) is 13.5 Å².